The summed E-state index contributed by atoms with van der Waals surface area (Å²) in [6.45, 7) is 4.06. The second-order valence-electron chi connectivity index (χ2n) is 5.47. The van der Waals surface area contributed by atoms with E-state index in [2.05, 4.69) is 5.32 Å². The van der Waals surface area contributed by atoms with Gasteiger partial charge in [0.2, 0.25) is 10.0 Å². The normalized spacial score (nSPS) is 16.4. The molecule has 1 fully saturated rings. The first-order valence-corrected chi connectivity index (χ1v) is 8.74. The lowest BCUT2D eigenvalue weighted by molar-refractivity contribution is 0.263. The summed E-state index contributed by atoms with van der Waals surface area (Å²) >= 11 is 0. The fourth-order valence-corrected chi connectivity index (χ4v) is 3.93. The summed E-state index contributed by atoms with van der Waals surface area (Å²) < 4.78 is 26.9. The molecular formula is C15H24N2O2S. The molecule has 2 rings (SSSR count). The molecule has 20 heavy (non-hydrogen) atoms. The van der Waals surface area contributed by atoms with Gasteiger partial charge >= 0.3 is 0 Å². The number of hydrogen-bond acceptors (Lipinski definition) is 3. The van der Waals surface area contributed by atoms with Gasteiger partial charge in [-0.05, 0) is 36.9 Å². The molecule has 1 N–H and O–H groups in total. The fraction of sp³-hybridized carbons (Fsp3) is 0.600. The van der Waals surface area contributed by atoms with Gasteiger partial charge in [-0.3, -0.25) is 0 Å². The average molecular weight is 296 g/mol. The molecule has 0 heterocycles. The summed E-state index contributed by atoms with van der Waals surface area (Å²) in [6.07, 6.45) is 3.54. The number of sulfonamides is 1. The summed E-state index contributed by atoms with van der Waals surface area (Å²) in [5, 5.41) is 3.20. The smallest absolute Gasteiger partial charge is 0.243 e. The third-order valence-electron chi connectivity index (χ3n) is 3.97. The highest BCUT2D eigenvalue weighted by atomic mass is 32.2. The lowest BCUT2D eigenvalue weighted by Crippen LogP contribution is -2.35. The molecule has 4 nitrogen and oxygen atoms in total. The Bertz CT molecular complexity index is 539. The van der Waals surface area contributed by atoms with E-state index in [4.69, 9.17) is 0 Å². The van der Waals surface area contributed by atoms with Crippen molar-refractivity contribution < 1.29 is 8.42 Å². The monoisotopic (exact) mass is 296 g/mol. The molecule has 1 aliphatic carbocycles. The lowest BCUT2D eigenvalue weighted by Gasteiger charge is -2.30. The number of benzene rings is 1. The minimum Gasteiger partial charge on any atom is -0.313 e. The quantitative estimate of drug-likeness (QED) is 0.839. The number of nitrogens with zero attached hydrogens (tertiary/aromatic N) is 1. The van der Waals surface area contributed by atoms with E-state index in [0.717, 1.165) is 24.9 Å². The van der Waals surface area contributed by atoms with Crippen LogP contribution in [0.4, 0.5) is 0 Å². The molecule has 0 atom stereocenters. The van der Waals surface area contributed by atoms with Crippen molar-refractivity contribution in [3.63, 3.8) is 0 Å². The molecule has 0 spiro atoms. The van der Waals surface area contributed by atoms with Crippen molar-refractivity contribution in [2.75, 3.05) is 20.1 Å². The molecule has 0 saturated heterocycles. The maximum absolute atomic E-state index is 12.7. The van der Waals surface area contributed by atoms with Gasteiger partial charge < -0.3 is 5.32 Å². The maximum atomic E-state index is 12.7. The van der Waals surface area contributed by atoms with Gasteiger partial charge in [-0.15, -0.1) is 0 Å². The van der Waals surface area contributed by atoms with Crippen molar-refractivity contribution >= 4 is 10.0 Å². The van der Waals surface area contributed by atoms with E-state index < -0.39 is 10.0 Å². The van der Waals surface area contributed by atoms with Gasteiger partial charge in [-0.1, -0.05) is 31.5 Å². The Labute approximate surface area is 122 Å². The lowest BCUT2D eigenvalue weighted by atomic mass is 9.86. The predicted molar refractivity (Wildman–Crippen MR) is 81.0 cm³/mol. The zero-order valence-electron chi connectivity index (χ0n) is 12.3. The minimum atomic E-state index is -3.38. The van der Waals surface area contributed by atoms with Gasteiger partial charge in [0.05, 0.1) is 4.90 Å². The van der Waals surface area contributed by atoms with Crippen molar-refractivity contribution in [1.82, 2.24) is 9.62 Å². The van der Waals surface area contributed by atoms with E-state index >= 15 is 0 Å². The third-order valence-corrected chi connectivity index (χ3v) is 5.89. The van der Waals surface area contributed by atoms with Crippen molar-refractivity contribution in [1.29, 1.82) is 0 Å². The summed E-state index contributed by atoms with van der Waals surface area (Å²) in [4.78, 5) is 0.433. The van der Waals surface area contributed by atoms with Crippen LogP contribution in [-0.2, 0) is 16.6 Å². The van der Waals surface area contributed by atoms with E-state index in [1.54, 1.807) is 19.2 Å². The summed E-state index contributed by atoms with van der Waals surface area (Å²) in [6, 6.07) is 7.27. The Hall–Kier alpha value is -0.910. The van der Waals surface area contributed by atoms with Gasteiger partial charge in [0.15, 0.2) is 0 Å². The first kappa shape index (κ1) is 15.5. The second-order valence-corrected chi connectivity index (χ2v) is 7.48. The largest absolute Gasteiger partial charge is 0.313 e. The summed E-state index contributed by atoms with van der Waals surface area (Å²) in [7, 11) is -1.69. The predicted octanol–water partition coefficient (Wildman–Crippen LogP) is 2.22. The first-order chi connectivity index (χ1) is 9.55. The molecule has 1 aromatic carbocycles. The Morgan fingerprint density at radius 3 is 2.60 bits per heavy atom. The van der Waals surface area contributed by atoms with E-state index in [1.807, 2.05) is 19.1 Å². The zero-order chi connectivity index (χ0) is 14.6. The van der Waals surface area contributed by atoms with Gasteiger partial charge in [-0.2, -0.15) is 0 Å². The minimum absolute atomic E-state index is 0.433. The molecule has 0 radical (unpaired) electrons. The van der Waals surface area contributed by atoms with Crippen molar-refractivity contribution in [3.05, 3.63) is 29.8 Å². The van der Waals surface area contributed by atoms with Crippen LogP contribution in [0.5, 0.6) is 0 Å². The first-order valence-electron chi connectivity index (χ1n) is 7.30. The molecular weight excluding hydrogens is 272 g/mol. The molecule has 5 heteroatoms. The highest BCUT2D eigenvalue weighted by molar-refractivity contribution is 7.89. The third kappa shape index (κ3) is 3.40. The van der Waals surface area contributed by atoms with E-state index in [-0.39, 0.29) is 0 Å². The fourth-order valence-electron chi connectivity index (χ4n) is 2.47. The van der Waals surface area contributed by atoms with Crippen LogP contribution in [0.2, 0.25) is 0 Å². The molecule has 112 valence electrons. The van der Waals surface area contributed by atoms with Crippen molar-refractivity contribution in [2.45, 2.75) is 37.6 Å². The van der Waals surface area contributed by atoms with E-state index in [1.165, 1.54) is 10.7 Å². The van der Waals surface area contributed by atoms with Crippen LogP contribution in [0.1, 0.15) is 31.7 Å². The molecule has 0 aliphatic heterocycles. The van der Waals surface area contributed by atoms with Gasteiger partial charge in [0, 0.05) is 20.1 Å². The molecule has 1 aromatic rings. The molecule has 0 bridgehead atoms. The van der Waals surface area contributed by atoms with Gasteiger partial charge in [0.1, 0.15) is 0 Å². The number of nitrogens with one attached hydrogen (secondary N) is 1. The highest BCUT2D eigenvalue weighted by Crippen LogP contribution is 2.29. The van der Waals surface area contributed by atoms with Crippen LogP contribution in [0.15, 0.2) is 29.2 Å². The summed E-state index contributed by atoms with van der Waals surface area (Å²) in [5.74, 6) is 0.538. The molecule has 1 saturated carbocycles. The number of hydrogen-bond donors (Lipinski definition) is 1. The SMILES string of the molecule is CCNCc1ccccc1S(=O)(=O)N(C)CC1CCC1. The van der Waals surface area contributed by atoms with Crippen LogP contribution in [0.25, 0.3) is 0 Å². The van der Waals surface area contributed by atoms with Crippen LogP contribution in [0, 0.1) is 5.92 Å². The Morgan fingerprint density at radius 1 is 1.30 bits per heavy atom. The Balaban J connectivity index is 2.18. The standard InChI is InChI=1S/C15H24N2O2S/c1-3-16-11-14-9-4-5-10-15(14)20(18,19)17(2)12-13-7-6-8-13/h4-5,9-10,13,16H,3,6-8,11-12H2,1-2H3. The highest BCUT2D eigenvalue weighted by Gasteiger charge is 2.28. The maximum Gasteiger partial charge on any atom is 0.243 e. The van der Waals surface area contributed by atoms with E-state index in [0.29, 0.717) is 23.9 Å². The van der Waals surface area contributed by atoms with Crippen molar-refractivity contribution in [3.8, 4) is 0 Å². The van der Waals surface area contributed by atoms with Crippen LogP contribution in [0.3, 0.4) is 0 Å². The van der Waals surface area contributed by atoms with Crippen LogP contribution < -0.4 is 5.32 Å². The van der Waals surface area contributed by atoms with Crippen molar-refractivity contribution in [2.24, 2.45) is 5.92 Å². The zero-order valence-corrected chi connectivity index (χ0v) is 13.1. The number of rotatable bonds is 7. The van der Waals surface area contributed by atoms with E-state index in [9.17, 15) is 8.42 Å². The molecule has 0 unspecified atom stereocenters. The molecule has 0 amide bonds. The second kappa shape index (κ2) is 6.70. The average Bonchev–Trinajstić information content (AvgIpc) is 2.40. The van der Waals surface area contributed by atoms with Gasteiger partial charge in [-0.25, -0.2) is 12.7 Å². The molecule has 0 aromatic heterocycles. The topological polar surface area (TPSA) is 49.4 Å². The Morgan fingerprint density at radius 2 is 2.00 bits per heavy atom. The van der Waals surface area contributed by atoms with Gasteiger partial charge in [0.25, 0.3) is 0 Å². The molecule has 1 aliphatic rings. The van der Waals surface area contributed by atoms with Crippen LogP contribution >= 0.6 is 0 Å². The van der Waals surface area contributed by atoms with Crippen LogP contribution in [-0.4, -0.2) is 32.9 Å². The summed E-state index contributed by atoms with van der Waals surface area (Å²) in [5.41, 5.74) is 0.842. The Kier molecular flexibility index (Phi) is 5.18.